The zero-order valence-electron chi connectivity index (χ0n) is 32.8. The number of hydrogen-bond donors (Lipinski definition) is 4. The molecule has 13 heteroatoms. The Kier molecular flexibility index (Phi) is 31.5. The van der Waals surface area contributed by atoms with Crippen molar-refractivity contribution in [3.8, 4) is 0 Å². The van der Waals surface area contributed by atoms with Gasteiger partial charge in [0.2, 0.25) is 0 Å². The molecule has 1 amide bonds. The molecule has 0 aromatic heterocycles. The van der Waals surface area contributed by atoms with Crippen molar-refractivity contribution in [3.05, 3.63) is 0 Å². The Labute approximate surface area is 302 Å². The second-order valence-electron chi connectivity index (χ2n) is 15.2. The molecule has 0 atom stereocenters. The fourth-order valence-electron chi connectivity index (χ4n) is 4.06. The standard InChI is InChI=1S/C16H31NO4.C11H23NO2.C10H18O5/c1-16(2,3)21-15(20)17-13-11-9-7-5-4-6-8-10-12-14(18)19;12-10-8-6-4-2-1-3-5-7-9-11(13)14;1-9(2,3)14-7(11)13-8(12)15-10(4,5)6/h4-13H2,1-3H3,(H,17,20)(H,18,19);1-10,12H2,(H,13,14);1-6H3. The summed E-state index contributed by atoms with van der Waals surface area (Å²) in [5.74, 6) is -1.37. The van der Waals surface area contributed by atoms with Gasteiger partial charge in [0.25, 0.3) is 0 Å². The van der Waals surface area contributed by atoms with Gasteiger partial charge in [0.05, 0.1) is 0 Å². The van der Waals surface area contributed by atoms with Crippen molar-refractivity contribution in [2.45, 2.75) is 195 Å². The molecule has 0 bridgehead atoms. The molecular formula is C37H72N2O11. The molecule has 0 aromatic carbocycles. The number of unbranched alkanes of at least 4 members (excludes halogenated alkanes) is 14. The maximum Gasteiger partial charge on any atom is 0.519 e. The van der Waals surface area contributed by atoms with Gasteiger partial charge in [0, 0.05) is 19.4 Å². The maximum absolute atomic E-state index is 11.4. The Morgan fingerprint density at radius 2 is 0.780 bits per heavy atom. The highest BCUT2D eigenvalue weighted by Crippen LogP contribution is 2.13. The molecule has 0 aromatic rings. The number of hydrogen-bond acceptors (Lipinski definition) is 10. The van der Waals surface area contributed by atoms with Crippen molar-refractivity contribution in [1.82, 2.24) is 5.32 Å². The summed E-state index contributed by atoms with van der Waals surface area (Å²) in [6.07, 6.45) is 15.9. The van der Waals surface area contributed by atoms with Gasteiger partial charge in [-0.3, -0.25) is 9.59 Å². The Morgan fingerprint density at radius 1 is 0.480 bits per heavy atom. The van der Waals surface area contributed by atoms with E-state index in [4.69, 9.17) is 30.2 Å². The Bertz CT molecular complexity index is 879. The molecule has 0 unspecified atom stereocenters. The molecule has 50 heavy (non-hydrogen) atoms. The van der Waals surface area contributed by atoms with Crippen LogP contribution in [0.4, 0.5) is 14.4 Å². The normalized spacial score (nSPS) is 11.2. The number of carboxylic acids is 2. The number of carbonyl (C=O) groups excluding carboxylic acids is 3. The average Bonchev–Trinajstić information content (AvgIpc) is 2.92. The number of nitrogens with one attached hydrogen (secondary N) is 1. The minimum atomic E-state index is -1.06. The number of nitrogens with two attached hydrogens (primary N) is 1. The fraction of sp³-hybridized carbons (Fsp3) is 0.865. The van der Waals surface area contributed by atoms with E-state index in [9.17, 15) is 24.0 Å². The SMILES string of the molecule is CC(C)(C)OC(=O)NCCCCCCCCCCC(=O)O.CC(C)(C)OC(=O)OC(=O)OC(C)(C)C.NCCCCCCCCCCC(=O)O. The lowest BCUT2D eigenvalue weighted by molar-refractivity contribution is -0.138. The summed E-state index contributed by atoms with van der Waals surface area (Å²) in [4.78, 5) is 53.9. The van der Waals surface area contributed by atoms with Crippen LogP contribution in [0.5, 0.6) is 0 Å². The van der Waals surface area contributed by atoms with Crippen LogP contribution in [0.1, 0.15) is 178 Å². The molecule has 0 spiro atoms. The molecule has 0 fully saturated rings. The van der Waals surface area contributed by atoms with Crippen LogP contribution in [0.2, 0.25) is 0 Å². The Hall–Kier alpha value is -3.09. The van der Waals surface area contributed by atoms with Crippen molar-refractivity contribution in [3.63, 3.8) is 0 Å². The average molecular weight is 721 g/mol. The number of aliphatic carboxylic acids is 2. The van der Waals surface area contributed by atoms with E-state index < -0.39 is 41.1 Å². The van der Waals surface area contributed by atoms with E-state index in [1.165, 1.54) is 44.9 Å². The van der Waals surface area contributed by atoms with Crippen LogP contribution in [0, 0.1) is 0 Å². The van der Waals surface area contributed by atoms with Gasteiger partial charge in [-0.1, -0.05) is 77.0 Å². The van der Waals surface area contributed by atoms with Crippen LogP contribution >= 0.6 is 0 Å². The molecule has 0 rings (SSSR count). The van der Waals surface area contributed by atoms with Crippen LogP contribution in [0.25, 0.3) is 0 Å². The molecule has 13 nitrogen and oxygen atoms in total. The lowest BCUT2D eigenvalue weighted by Gasteiger charge is -2.20. The molecule has 0 aliphatic heterocycles. The topological polar surface area (TPSA) is 201 Å². The van der Waals surface area contributed by atoms with E-state index in [2.05, 4.69) is 10.1 Å². The van der Waals surface area contributed by atoms with Gasteiger partial charge in [-0.25, -0.2) is 14.4 Å². The summed E-state index contributed by atoms with van der Waals surface area (Å²) in [5, 5.41) is 19.7. The van der Waals surface area contributed by atoms with Crippen molar-refractivity contribution in [2.24, 2.45) is 5.73 Å². The van der Waals surface area contributed by atoms with Gasteiger partial charge in [0.1, 0.15) is 16.8 Å². The van der Waals surface area contributed by atoms with Crippen LogP contribution in [-0.2, 0) is 28.5 Å². The summed E-state index contributed by atoms with van der Waals surface area (Å²) < 4.78 is 18.9. The predicted molar refractivity (Wildman–Crippen MR) is 195 cm³/mol. The molecular weight excluding hydrogens is 648 g/mol. The first-order valence-corrected chi connectivity index (χ1v) is 18.3. The lowest BCUT2D eigenvalue weighted by atomic mass is 10.1. The summed E-state index contributed by atoms with van der Waals surface area (Å²) in [6, 6.07) is 0. The van der Waals surface area contributed by atoms with E-state index >= 15 is 0 Å². The molecule has 0 aliphatic rings. The zero-order valence-corrected chi connectivity index (χ0v) is 32.8. The van der Waals surface area contributed by atoms with Crippen molar-refractivity contribution in [1.29, 1.82) is 0 Å². The van der Waals surface area contributed by atoms with Crippen LogP contribution in [-0.4, -0.2) is 70.4 Å². The van der Waals surface area contributed by atoms with Crippen LogP contribution in [0.3, 0.4) is 0 Å². The summed E-state index contributed by atoms with van der Waals surface area (Å²) >= 11 is 0. The van der Waals surface area contributed by atoms with E-state index in [0.29, 0.717) is 13.0 Å². The number of alkyl carbamates (subject to hydrolysis) is 1. The van der Waals surface area contributed by atoms with E-state index in [0.717, 1.165) is 64.3 Å². The highest BCUT2D eigenvalue weighted by atomic mass is 16.8. The highest BCUT2D eigenvalue weighted by molar-refractivity contribution is 5.77. The summed E-state index contributed by atoms with van der Waals surface area (Å²) in [6.45, 7) is 17.0. The molecule has 0 radical (unpaired) electrons. The maximum atomic E-state index is 11.4. The first-order chi connectivity index (χ1) is 23.1. The number of carbonyl (C=O) groups is 5. The minimum Gasteiger partial charge on any atom is -0.481 e. The van der Waals surface area contributed by atoms with E-state index in [-0.39, 0.29) is 12.5 Å². The quantitative estimate of drug-likeness (QED) is 0.0379. The number of rotatable bonds is 21. The van der Waals surface area contributed by atoms with Crippen LogP contribution < -0.4 is 11.1 Å². The first kappa shape index (κ1) is 51.3. The van der Waals surface area contributed by atoms with Crippen molar-refractivity contribution < 1.29 is 53.1 Å². The fourth-order valence-corrected chi connectivity index (χ4v) is 4.06. The second kappa shape index (κ2) is 30.7. The number of amides is 1. The third-order valence-electron chi connectivity index (χ3n) is 6.28. The smallest absolute Gasteiger partial charge is 0.481 e. The van der Waals surface area contributed by atoms with E-state index in [1.807, 2.05) is 20.8 Å². The third-order valence-corrected chi connectivity index (χ3v) is 6.28. The molecule has 0 aliphatic carbocycles. The van der Waals surface area contributed by atoms with Gasteiger partial charge < -0.3 is 40.2 Å². The molecule has 296 valence electrons. The zero-order chi connectivity index (χ0) is 39.1. The number of carboxylic acid groups (broad SMARTS) is 2. The second-order valence-corrected chi connectivity index (χ2v) is 15.2. The van der Waals surface area contributed by atoms with Gasteiger partial charge >= 0.3 is 30.3 Å². The van der Waals surface area contributed by atoms with Gasteiger partial charge in [-0.05, 0) is 94.5 Å². The van der Waals surface area contributed by atoms with Crippen molar-refractivity contribution in [2.75, 3.05) is 13.1 Å². The lowest BCUT2D eigenvalue weighted by Crippen LogP contribution is -2.32. The summed E-state index contributed by atoms with van der Waals surface area (Å²) in [7, 11) is 0. The Morgan fingerprint density at radius 3 is 1.08 bits per heavy atom. The van der Waals surface area contributed by atoms with Crippen molar-refractivity contribution >= 4 is 30.3 Å². The van der Waals surface area contributed by atoms with E-state index in [1.54, 1.807) is 41.5 Å². The first-order valence-electron chi connectivity index (χ1n) is 18.3. The molecule has 0 heterocycles. The highest BCUT2D eigenvalue weighted by Gasteiger charge is 2.24. The monoisotopic (exact) mass is 721 g/mol. The molecule has 5 N–H and O–H groups in total. The summed E-state index contributed by atoms with van der Waals surface area (Å²) in [5.41, 5.74) is 3.55. The number of ether oxygens (including phenoxy) is 4. The third kappa shape index (κ3) is 51.7. The predicted octanol–water partition coefficient (Wildman–Crippen LogP) is 9.52. The largest absolute Gasteiger partial charge is 0.519 e. The minimum absolute atomic E-state index is 0.288. The van der Waals surface area contributed by atoms with Crippen LogP contribution in [0.15, 0.2) is 0 Å². The van der Waals surface area contributed by atoms with Gasteiger partial charge in [0.15, 0.2) is 0 Å². The molecule has 0 saturated carbocycles. The Balaban J connectivity index is -0.000000682. The molecule has 0 saturated heterocycles. The van der Waals surface area contributed by atoms with Gasteiger partial charge in [-0.15, -0.1) is 0 Å². The van der Waals surface area contributed by atoms with Gasteiger partial charge in [-0.2, -0.15) is 0 Å².